The predicted octanol–water partition coefficient (Wildman–Crippen LogP) is 3.42. The molecular formula is C21H16FN5O2S. The van der Waals surface area contributed by atoms with Gasteiger partial charge in [-0.25, -0.2) is 9.37 Å². The number of amides is 1. The molecule has 0 spiro atoms. The minimum absolute atomic E-state index is 0.233. The van der Waals surface area contributed by atoms with E-state index in [0.29, 0.717) is 35.5 Å². The summed E-state index contributed by atoms with van der Waals surface area (Å²) in [4.78, 5) is 23.6. The number of ether oxygens (including phenoxy) is 1. The van der Waals surface area contributed by atoms with Crippen molar-refractivity contribution < 1.29 is 13.9 Å². The second kappa shape index (κ2) is 7.07. The topological polar surface area (TPSA) is 91.1 Å². The van der Waals surface area contributed by atoms with Gasteiger partial charge in [0.2, 0.25) is 0 Å². The van der Waals surface area contributed by atoms with Gasteiger partial charge in [-0.2, -0.15) is 5.26 Å². The number of hydrogen-bond donors (Lipinski definition) is 1. The number of benzene rings is 1. The summed E-state index contributed by atoms with van der Waals surface area (Å²) in [7, 11) is 0. The molecule has 1 saturated heterocycles. The van der Waals surface area contributed by atoms with E-state index in [1.165, 1.54) is 35.6 Å². The third kappa shape index (κ3) is 3.35. The Bertz CT molecular complexity index is 1160. The van der Waals surface area contributed by atoms with Crippen molar-refractivity contribution in [2.75, 3.05) is 13.1 Å². The molecule has 30 heavy (non-hydrogen) atoms. The Morgan fingerprint density at radius 1 is 1.33 bits per heavy atom. The van der Waals surface area contributed by atoms with Crippen LogP contribution in [0.1, 0.15) is 16.2 Å². The molecule has 3 aromatic rings. The number of thiazole rings is 1. The van der Waals surface area contributed by atoms with Gasteiger partial charge in [-0.15, -0.1) is 11.3 Å². The van der Waals surface area contributed by atoms with Gasteiger partial charge >= 0.3 is 0 Å². The average Bonchev–Trinajstić information content (AvgIpc) is 3.10. The molecule has 0 bridgehead atoms. The molecule has 3 heterocycles. The molecule has 1 unspecified atom stereocenters. The average molecular weight is 421 g/mol. The number of piperidine rings is 1. The van der Waals surface area contributed by atoms with Crippen LogP contribution < -0.4 is 10.1 Å². The molecule has 7 nitrogen and oxygen atoms in total. The maximum absolute atomic E-state index is 13.1. The number of rotatable bonds is 5. The largest absolute Gasteiger partial charge is 0.455 e. The van der Waals surface area contributed by atoms with E-state index in [-0.39, 0.29) is 17.3 Å². The molecule has 1 amide bonds. The van der Waals surface area contributed by atoms with Crippen molar-refractivity contribution in [3.05, 3.63) is 59.7 Å². The third-order valence-corrected chi connectivity index (χ3v) is 6.47. The Kier molecular flexibility index (Phi) is 4.37. The fourth-order valence-electron chi connectivity index (χ4n) is 3.83. The van der Waals surface area contributed by atoms with Crippen molar-refractivity contribution in [1.29, 1.82) is 5.26 Å². The number of hydrogen-bond acceptors (Lipinski definition) is 7. The van der Waals surface area contributed by atoms with E-state index in [4.69, 9.17) is 10.00 Å². The van der Waals surface area contributed by atoms with Crippen LogP contribution in [0, 0.1) is 23.2 Å². The van der Waals surface area contributed by atoms with Crippen LogP contribution in [-0.4, -0.2) is 39.4 Å². The summed E-state index contributed by atoms with van der Waals surface area (Å²) in [6.45, 7) is 1.25. The van der Waals surface area contributed by atoms with Gasteiger partial charge in [0.25, 0.3) is 5.91 Å². The first kappa shape index (κ1) is 18.5. The normalized spacial score (nSPS) is 21.6. The molecule has 2 aliphatic rings. The van der Waals surface area contributed by atoms with E-state index < -0.39 is 0 Å². The van der Waals surface area contributed by atoms with E-state index in [0.717, 1.165) is 16.9 Å². The lowest BCUT2D eigenvalue weighted by Crippen LogP contribution is -2.41. The van der Waals surface area contributed by atoms with Crippen molar-refractivity contribution in [3.8, 4) is 28.1 Å². The second-order valence-corrected chi connectivity index (χ2v) is 8.48. The first-order valence-electron chi connectivity index (χ1n) is 9.37. The zero-order chi connectivity index (χ0) is 20.7. The molecular weight excluding hydrogens is 405 g/mol. The third-order valence-electron chi connectivity index (χ3n) is 5.44. The van der Waals surface area contributed by atoms with Gasteiger partial charge in [0.15, 0.2) is 17.0 Å². The number of halogens is 1. The fraction of sp³-hybridized carbons (Fsp3) is 0.238. The van der Waals surface area contributed by atoms with Crippen molar-refractivity contribution in [3.63, 3.8) is 0 Å². The molecule has 1 N–H and O–H groups in total. The Labute approximate surface area is 175 Å². The zero-order valence-electron chi connectivity index (χ0n) is 15.7. The Morgan fingerprint density at radius 2 is 2.17 bits per heavy atom. The zero-order valence-corrected chi connectivity index (χ0v) is 16.5. The standard InChI is InChI=1S/C21H16FN5O2S/c22-14-1-3-15(4-2-14)29-17-8-24-6-5-16(17)18-9-25-20(30-18)19(28)26-21-7-13(21)10-27(11-21)12-23/h1-6,8-9,13H,7,10-11H2,(H,26,28)/t13?,21-/m0/s1. The van der Waals surface area contributed by atoms with Gasteiger partial charge in [0, 0.05) is 30.4 Å². The SMILES string of the molecule is N#CN1CC2C[C@]2(NC(=O)c2ncc(-c3ccncc3Oc3ccc(F)cc3)s2)C1. The van der Waals surface area contributed by atoms with Gasteiger partial charge < -0.3 is 15.0 Å². The van der Waals surface area contributed by atoms with E-state index >= 15 is 0 Å². The molecule has 2 aromatic heterocycles. The Balaban J connectivity index is 1.34. The highest BCUT2D eigenvalue weighted by molar-refractivity contribution is 7.17. The molecule has 1 saturated carbocycles. The van der Waals surface area contributed by atoms with Gasteiger partial charge in [-0.1, -0.05) is 0 Å². The molecule has 0 radical (unpaired) electrons. The van der Waals surface area contributed by atoms with Crippen LogP contribution in [0.5, 0.6) is 11.5 Å². The van der Waals surface area contributed by atoms with Crippen LogP contribution in [0.4, 0.5) is 4.39 Å². The van der Waals surface area contributed by atoms with E-state index in [1.807, 2.05) is 0 Å². The Hall–Kier alpha value is -3.51. The summed E-state index contributed by atoms with van der Waals surface area (Å²) < 4.78 is 19.0. The van der Waals surface area contributed by atoms with Crippen LogP contribution in [0.25, 0.3) is 10.4 Å². The summed E-state index contributed by atoms with van der Waals surface area (Å²) >= 11 is 1.26. The molecule has 2 atom stereocenters. The maximum Gasteiger partial charge on any atom is 0.280 e. The summed E-state index contributed by atoms with van der Waals surface area (Å²) in [5, 5.41) is 12.5. The highest BCUT2D eigenvalue weighted by atomic mass is 32.1. The summed E-state index contributed by atoms with van der Waals surface area (Å²) in [6.07, 6.45) is 7.88. The highest BCUT2D eigenvalue weighted by Gasteiger charge is 2.61. The molecule has 150 valence electrons. The lowest BCUT2D eigenvalue weighted by Gasteiger charge is -2.16. The molecule has 1 aromatic carbocycles. The first-order chi connectivity index (χ1) is 14.6. The van der Waals surface area contributed by atoms with Crippen molar-refractivity contribution >= 4 is 17.2 Å². The number of carbonyl (C=O) groups excluding carboxylic acids is 1. The smallest absolute Gasteiger partial charge is 0.280 e. The van der Waals surface area contributed by atoms with Crippen molar-refractivity contribution in [1.82, 2.24) is 20.2 Å². The van der Waals surface area contributed by atoms with Gasteiger partial charge in [0.05, 0.1) is 23.2 Å². The van der Waals surface area contributed by atoms with Crippen LogP contribution in [0.3, 0.4) is 0 Å². The summed E-state index contributed by atoms with van der Waals surface area (Å²) in [6, 6.07) is 7.50. The van der Waals surface area contributed by atoms with Crippen molar-refractivity contribution in [2.45, 2.75) is 12.0 Å². The number of aromatic nitrogens is 2. The predicted molar refractivity (Wildman–Crippen MR) is 107 cm³/mol. The highest BCUT2D eigenvalue weighted by Crippen LogP contribution is 2.49. The van der Waals surface area contributed by atoms with Crippen molar-refractivity contribution in [2.24, 2.45) is 5.92 Å². The molecule has 1 aliphatic heterocycles. The second-order valence-electron chi connectivity index (χ2n) is 7.45. The number of nitrogens with zero attached hydrogens (tertiary/aromatic N) is 4. The number of carbonyl (C=O) groups is 1. The molecule has 5 rings (SSSR count). The number of likely N-dealkylation sites (tertiary alicyclic amines) is 1. The first-order valence-corrected chi connectivity index (χ1v) is 10.2. The minimum Gasteiger partial charge on any atom is -0.455 e. The van der Waals surface area contributed by atoms with Crippen LogP contribution in [-0.2, 0) is 0 Å². The lowest BCUT2D eigenvalue weighted by molar-refractivity contribution is 0.0929. The van der Waals surface area contributed by atoms with E-state index in [9.17, 15) is 9.18 Å². The number of nitriles is 1. The Morgan fingerprint density at radius 3 is 2.93 bits per heavy atom. The van der Waals surface area contributed by atoms with Gasteiger partial charge in [-0.3, -0.25) is 9.78 Å². The number of pyridine rings is 1. The molecule has 2 fully saturated rings. The van der Waals surface area contributed by atoms with Gasteiger partial charge in [-0.05, 0) is 36.8 Å². The number of nitrogens with one attached hydrogen (secondary N) is 1. The number of fused-ring (bicyclic) bond motifs is 1. The quantitative estimate of drug-likeness (QED) is 0.635. The minimum atomic E-state index is -0.343. The van der Waals surface area contributed by atoms with E-state index in [1.54, 1.807) is 29.6 Å². The van der Waals surface area contributed by atoms with Crippen LogP contribution in [0.15, 0.2) is 48.9 Å². The summed E-state index contributed by atoms with van der Waals surface area (Å²) in [5.74, 6) is 0.723. The maximum atomic E-state index is 13.1. The van der Waals surface area contributed by atoms with Gasteiger partial charge in [0.1, 0.15) is 11.6 Å². The molecule has 9 heteroatoms. The van der Waals surface area contributed by atoms with Crippen LogP contribution >= 0.6 is 11.3 Å². The monoisotopic (exact) mass is 421 g/mol. The lowest BCUT2D eigenvalue weighted by atomic mass is 10.2. The fourth-order valence-corrected chi connectivity index (χ4v) is 4.67. The summed E-state index contributed by atoms with van der Waals surface area (Å²) in [5.41, 5.74) is 0.441. The van der Waals surface area contributed by atoms with Crippen LogP contribution in [0.2, 0.25) is 0 Å². The molecule has 1 aliphatic carbocycles. The van der Waals surface area contributed by atoms with E-state index in [2.05, 4.69) is 21.5 Å².